The average molecular weight is 307 g/mol. The number of carboxylic acids is 1. The fraction of sp³-hybridized carbons (Fsp3) is 0.500. The predicted molar refractivity (Wildman–Crippen MR) is 79.7 cm³/mol. The summed E-state index contributed by atoms with van der Waals surface area (Å²) in [6, 6.07) is 9.37. The van der Waals surface area contributed by atoms with Gasteiger partial charge in [0.25, 0.3) is 0 Å². The first-order valence-corrected chi connectivity index (χ1v) is 7.28. The Labute approximate surface area is 129 Å². The third kappa shape index (κ3) is 4.21. The predicted octanol–water partition coefficient (Wildman–Crippen LogP) is 1.41. The van der Waals surface area contributed by atoms with Gasteiger partial charge in [0, 0.05) is 13.1 Å². The first-order chi connectivity index (χ1) is 10.5. The maximum absolute atomic E-state index is 12.0. The highest BCUT2D eigenvalue weighted by Gasteiger charge is 2.41. The summed E-state index contributed by atoms with van der Waals surface area (Å²) in [6.45, 7) is 3.00. The third-order valence-corrected chi connectivity index (χ3v) is 3.81. The summed E-state index contributed by atoms with van der Waals surface area (Å²) in [5.74, 6) is -0.279. The van der Waals surface area contributed by atoms with Gasteiger partial charge >= 0.3 is 5.97 Å². The summed E-state index contributed by atoms with van der Waals surface area (Å²) in [4.78, 5) is 24.6. The Morgan fingerprint density at radius 1 is 1.27 bits per heavy atom. The third-order valence-electron chi connectivity index (χ3n) is 3.81. The summed E-state index contributed by atoms with van der Waals surface area (Å²) in [6.07, 6.45) is 0.477. The standard InChI is InChI=1S/C16H21NO5/c1-16(15(19)20)7-8-17(12-16)14(18)11-21-9-10-22-13-5-3-2-4-6-13/h2-6H,7-12H2,1H3,(H,19,20). The van der Waals surface area contributed by atoms with Crippen molar-refractivity contribution in [3.8, 4) is 5.75 Å². The normalized spacial score (nSPS) is 20.9. The van der Waals surface area contributed by atoms with Crippen LogP contribution in [-0.4, -0.2) is 54.8 Å². The lowest BCUT2D eigenvalue weighted by atomic mass is 9.90. The Morgan fingerprint density at radius 2 is 2.00 bits per heavy atom. The van der Waals surface area contributed by atoms with Crippen LogP contribution in [-0.2, 0) is 14.3 Å². The largest absolute Gasteiger partial charge is 0.491 e. The molecule has 22 heavy (non-hydrogen) atoms. The fourth-order valence-corrected chi connectivity index (χ4v) is 2.33. The second-order valence-electron chi connectivity index (χ2n) is 5.65. The highest BCUT2D eigenvalue weighted by atomic mass is 16.5. The Bertz CT molecular complexity index is 519. The van der Waals surface area contributed by atoms with E-state index in [4.69, 9.17) is 14.6 Å². The number of carboxylic acid groups (broad SMARTS) is 1. The minimum absolute atomic E-state index is 0.0478. The van der Waals surface area contributed by atoms with Crippen LogP contribution >= 0.6 is 0 Å². The number of ether oxygens (including phenoxy) is 2. The van der Waals surface area contributed by atoms with Gasteiger partial charge in [0.1, 0.15) is 19.0 Å². The fourth-order valence-electron chi connectivity index (χ4n) is 2.33. The number of carbonyl (C=O) groups excluding carboxylic acids is 1. The van der Waals surface area contributed by atoms with Crippen molar-refractivity contribution in [1.29, 1.82) is 0 Å². The molecule has 0 radical (unpaired) electrons. The van der Waals surface area contributed by atoms with Gasteiger partial charge in [-0.3, -0.25) is 9.59 Å². The van der Waals surface area contributed by atoms with E-state index >= 15 is 0 Å². The van der Waals surface area contributed by atoms with Gasteiger partial charge in [-0.05, 0) is 25.5 Å². The van der Waals surface area contributed by atoms with Gasteiger partial charge in [0.2, 0.25) is 5.91 Å². The number of nitrogens with zero attached hydrogens (tertiary/aromatic N) is 1. The molecule has 1 amide bonds. The maximum atomic E-state index is 12.0. The second-order valence-corrected chi connectivity index (χ2v) is 5.65. The van der Waals surface area contributed by atoms with Gasteiger partial charge in [0.05, 0.1) is 12.0 Å². The number of benzene rings is 1. The van der Waals surface area contributed by atoms with Gasteiger partial charge in [0.15, 0.2) is 0 Å². The maximum Gasteiger partial charge on any atom is 0.311 e. The number of hydrogen-bond donors (Lipinski definition) is 1. The van der Waals surface area contributed by atoms with Crippen LogP contribution in [0.15, 0.2) is 30.3 Å². The zero-order valence-corrected chi connectivity index (χ0v) is 12.7. The molecule has 1 heterocycles. The summed E-state index contributed by atoms with van der Waals surface area (Å²) in [7, 11) is 0. The van der Waals surface area contributed by atoms with Crippen molar-refractivity contribution in [2.45, 2.75) is 13.3 Å². The quantitative estimate of drug-likeness (QED) is 0.771. The first-order valence-electron chi connectivity index (χ1n) is 7.28. The molecule has 1 aliphatic rings. The molecule has 1 aliphatic heterocycles. The molecular formula is C16H21NO5. The van der Waals surface area contributed by atoms with Gasteiger partial charge in [-0.2, -0.15) is 0 Å². The zero-order chi connectivity index (χ0) is 16.0. The van der Waals surface area contributed by atoms with Gasteiger partial charge < -0.3 is 19.5 Å². The number of para-hydroxylation sites is 1. The molecule has 0 bridgehead atoms. The van der Waals surface area contributed by atoms with E-state index in [1.165, 1.54) is 0 Å². The minimum Gasteiger partial charge on any atom is -0.491 e. The van der Waals surface area contributed by atoms with Crippen molar-refractivity contribution in [2.75, 3.05) is 32.9 Å². The van der Waals surface area contributed by atoms with E-state index in [-0.39, 0.29) is 19.1 Å². The number of amides is 1. The highest BCUT2D eigenvalue weighted by molar-refractivity contribution is 5.81. The molecule has 0 aliphatic carbocycles. The smallest absolute Gasteiger partial charge is 0.311 e. The molecule has 0 spiro atoms. The molecule has 1 aromatic carbocycles. The monoisotopic (exact) mass is 307 g/mol. The van der Waals surface area contributed by atoms with E-state index in [1.54, 1.807) is 11.8 Å². The molecule has 1 saturated heterocycles. The number of carbonyl (C=O) groups is 2. The van der Waals surface area contributed by atoms with E-state index in [0.717, 1.165) is 5.75 Å². The molecule has 1 unspecified atom stereocenters. The molecule has 6 heteroatoms. The zero-order valence-electron chi connectivity index (χ0n) is 12.7. The van der Waals surface area contributed by atoms with E-state index < -0.39 is 11.4 Å². The van der Waals surface area contributed by atoms with Crippen molar-refractivity contribution < 1.29 is 24.2 Å². The molecule has 0 aromatic heterocycles. The molecule has 2 rings (SSSR count). The molecular weight excluding hydrogens is 286 g/mol. The Morgan fingerprint density at radius 3 is 2.64 bits per heavy atom. The number of likely N-dealkylation sites (tertiary alicyclic amines) is 1. The lowest BCUT2D eigenvalue weighted by Gasteiger charge is -2.20. The van der Waals surface area contributed by atoms with Gasteiger partial charge in [-0.25, -0.2) is 0 Å². The van der Waals surface area contributed by atoms with Crippen LogP contribution in [0.3, 0.4) is 0 Å². The summed E-state index contributed by atoms with van der Waals surface area (Å²) in [5.41, 5.74) is -0.841. The number of rotatable bonds is 7. The lowest BCUT2D eigenvalue weighted by Crippen LogP contribution is -2.36. The van der Waals surface area contributed by atoms with Crippen molar-refractivity contribution in [1.82, 2.24) is 4.90 Å². The molecule has 120 valence electrons. The average Bonchev–Trinajstić information content (AvgIpc) is 2.92. The summed E-state index contributed by atoms with van der Waals surface area (Å²) < 4.78 is 10.7. The van der Waals surface area contributed by atoms with Crippen LogP contribution in [0.2, 0.25) is 0 Å². The Balaban J connectivity index is 1.63. The molecule has 1 N–H and O–H groups in total. The molecule has 0 saturated carbocycles. The number of aliphatic carboxylic acids is 1. The van der Waals surface area contributed by atoms with E-state index in [2.05, 4.69) is 0 Å². The lowest BCUT2D eigenvalue weighted by molar-refractivity contribution is -0.147. The van der Waals surface area contributed by atoms with Crippen molar-refractivity contribution in [2.24, 2.45) is 5.41 Å². The second kappa shape index (κ2) is 7.26. The molecule has 1 aromatic rings. The van der Waals surface area contributed by atoms with E-state index in [9.17, 15) is 9.59 Å². The van der Waals surface area contributed by atoms with Crippen LogP contribution in [0.25, 0.3) is 0 Å². The minimum atomic E-state index is -0.861. The van der Waals surface area contributed by atoms with Crippen LogP contribution in [0.4, 0.5) is 0 Å². The topological polar surface area (TPSA) is 76.1 Å². The van der Waals surface area contributed by atoms with Crippen molar-refractivity contribution >= 4 is 11.9 Å². The SMILES string of the molecule is CC1(C(=O)O)CCN(C(=O)COCCOc2ccccc2)C1. The Hall–Kier alpha value is -2.08. The van der Waals surface area contributed by atoms with E-state index in [1.807, 2.05) is 30.3 Å². The molecule has 6 nitrogen and oxygen atoms in total. The van der Waals surface area contributed by atoms with Crippen LogP contribution in [0, 0.1) is 5.41 Å². The summed E-state index contributed by atoms with van der Waals surface area (Å²) >= 11 is 0. The molecule has 1 atom stereocenters. The van der Waals surface area contributed by atoms with E-state index in [0.29, 0.717) is 26.2 Å². The van der Waals surface area contributed by atoms with Gasteiger partial charge in [-0.1, -0.05) is 18.2 Å². The Kier molecular flexibility index (Phi) is 5.38. The number of hydrogen-bond acceptors (Lipinski definition) is 4. The van der Waals surface area contributed by atoms with Crippen LogP contribution in [0.1, 0.15) is 13.3 Å². The van der Waals surface area contributed by atoms with Crippen molar-refractivity contribution in [3.63, 3.8) is 0 Å². The van der Waals surface area contributed by atoms with Crippen LogP contribution in [0.5, 0.6) is 5.75 Å². The molecule has 1 fully saturated rings. The van der Waals surface area contributed by atoms with Gasteiger partial charge in [-0.15, -0.1) is 0 Å². The van der Waals surface area contributed by atoms with Crippen LogP contribution < -0.4 is 4.74 Å². The van der Waals surface area contributed by atoms with Crippen molar-refractivity contribution in [3.05, 3.63) is 30.3 Å². The summed E-state index contributed by atoms with van der Waals surface area (Å²) in [5, 5.41) is 9.14. The highest BCUT2D eigenvalue weighted by Crippen LogP contribution is 2.29. The first kappa shape index (κ1) is 16.3.